The van der Waals surface area contributed by atoms with Gasteiger partial charge in [-0.2, -0.15) is 0 Å². The third-order valence-electron chi connectivity index (χ3n) is 2.76. The Labute approximate surface area is 88.4 Å². The summed E-state index contributed by atoms with van der Waals surface area (Å²) in [6.45, 7) is 13.2. The normalized spacial score (nSPS) is 29.6. The summed E-state index contributed by atoms with van der Waals surface area (Å²) in [7, 11) is 0. The molecule has 1 fully saturated rings. The molecule has 0 amide bonds. The van der Waals surface area contributed by atoms with Crippen LogP contribution in [0.5, 0.6) is 0 Å². The van der Waals surface area contributed by atoms with E-state index in [1.54, 1.807) is 0 Å². The standard InChI is InChI=1S/C12H25NO/c1-9(2)11-8-14-10(7-13-11)6-12(3,4)5/h9-11,13H,6-8H2,1-5H3. The van der Waals surface area contributed by atoms with E-state index < -0.39 is 0 Å². The highest BCUT2D eigenvalue weighted by Gasteiger charge is 2.26. The number of hydrogen-bond donors (Lipinski definition) is 1. The summed E-state index contributed by atoms with van der Waals surface area (Å²) in [5.74, 6) is 0.672. The average molecular weight is 199 g/mol. The molecule has 0 radical (unpaired) electrons. The van der Waals surface area contributed by atoms with Crippen molar-refractivity contribution in [2.45, 2.75) is 53.2 Å². The second kappa shape index (κ2) is 4.63. The molecule has 0 saturated carbocycles. The Hall–Kier alpha value is -0.0800. The zero-order chi connectivity index (χ0) is 10.8. The third-order valence-corrected chi connectivity index (χ3v) is 2.76. The van der Waals surface area contributed by atoms with Gasteiger partial charge in [0.15, 0.2) is 0 Å². The molecule has 2 heteroatoms. The van der Waals surface area contributed by atoms with Gasteiger partial charge in [-0.1, -0.05) is 34.6 Å². The zero-order valence-corrected chi connectivity index (χ0v) is 10.3. The highest BCUT2D eigenvalue weighted by Crippen LogP contribution is 2.24. The Bertz CT molecular complexity index is 164. The van der Waals surface area contributed by atoms with Crippen molar-refractivity contribution < 1.29 is 4.74 Å². The van der Waals surface area contributed by atoms with Crippen LogP contribution in [0.25, 0.3) is 0 Å². The fraction of sp³-hybridized carbons (Fsp3) is 1.00. The van der Waals surface area contributed by atoms with Gasteiger partial charge in [-0.15, -0.1) is 0 Å². The lowest BCUT2D eigenvalue weighted by Gasteiger charge is -2.35. The molecule has 84 valence electrons. The van der Waals surface area contributed by atoms with E-state index in [2.05, 4.69) is 39.9 Å². The largest absolute Gasteiger partial charge is 0.375 e. The number of ether oxygens (including phenoxy) is 1. The Morgan fingerprint density at radius 3 is 2.36 bits per heavy atom. The minimum absolute atomic E-state index is 0.372. The molecule has 1 N–H and O–H groups in total. The zero-order valence-electron chi connectivity index (χ0n) is 10.3. The van der Waals surface area contributed by atoms with Gasteiger partial charge in [-0.3, -0.25) is 0 Å². The van der Waals surface area contributed by atoms with Crippen LogP contribution in [0.3, 0.4) is 0 Å². The highest BCUT2D eigenvalue weighted by atomic mass is 16.5. The van der Waals surface area contributed by atoms with Crippen molar-refractivity contribution in [2.24, 2.45) is 11.3 Å². The van der Waals surface area contributed by atoms with Crippen LogP contribution in [0.15, 0.2) is 0 Å². The molecule has 0 bridgehead atoms. The molecule has 0 aromatic rings. The molecule has 1 aliphatic heterocycles. The minimum Gasteiger partial charge on any atom is -0.375 e. The number of morpholine rings is 1. The summed E-state index contributed by atoms with van der Waals surface area (Å²) >= 11 is 0. The molecule has 2 atom stereocenters. The molecule has 1 rings (SSSR count). The van der Waals surface area contributed by atoms with Crippen LogP contribution in [0.4, 0.5) is 0 Å². The van der Waals surface area contributed by atoms with Crippen molar-refractivity contribution in [3.63, 3.8) is 0 Å². The van der Waals surface area contributed by atoms with E-state index in [0.717, 1.165) is 19.6 Å². The Kier molecular flexibility index (Phi) is 3.96. The van der Waals surface area contributed by atoms with Gasteiger partial charge in [0.25, 0.3) is 0 Å². The molecular formula is C12H25NO. The van der Waals surface area contributed by atoms with Crippen molar-refractivity contribution in [1.82, 2.24) is 5.32 Å². The fourth-order valence-corrected chi connectivity index (χ4v) is 1.88. The summed E-state index contributed by atoms with van der Waals surface area (Å²) < 4.78 is 5.87. The van der Waals surface area contributed by atoms with Gasteiger partial charge in [0.05, 0.1) is 12.7 Å². The second-order valence-electron chi connectivity index (χ2n) is 5.98. The fourth-order valence-electron chi connectivity index (χ4n) is 1.88. The first-order valence-electron chi connectivity index (χ1n) is 5.73. The molecular weight excluding hydrogens is 174 g/mol. The minimum atomic E-state index is 0.372. The molecule has 2 nitrogen and oxygen atoms in total. The monoisotopic (exact) mass is 199 g/mol. The summed E-state index contributed by atoms with van der Waals surface area (Å²) in [6, 6.07) is 0.547. The van der Waals surface area contributed by atoms with Crippen LogP contribution in [0, 0.1) is 11.3 Å². The third kappa shape index (κ3) is 3.97. The van der Waals surface area contributed by atoms with Gasteiger partial charge < -0.3 is 10.1 Å². The predicted octanol–water partition coefficient (Wildman–Crippen LogP) is 2.44. The first-order chi connectivity index (χ1) is 6.38. The lowest BCUT2D eigenvalue weighted by atomic mass is 9.88. The van der Waals surface area contributed by atoms with E-state index in [9.17, 15) is 0 Å². The molecule has 0 aliphatic carbocycles. The van der Waals surface area contributed by atoms with Crippen molar-refractivity contribution in [2.75, 3.05) is 13.2 Å². The molecule has 14 heavy (non-hydrogen) atoms. The maximum Gasteiger partial charge on any atom is 0.0705 e. The lowest BCUT2D eigenvalue weighted by molar-refractivity contribution is -0.0247. The van der Waals surface area contributed by atoms with Gasteiger partial charge in [-0.25, -0.2) is 0 Å². The smallest absolute Gasteiger partial charge is 0.0705 e. The Morgan fingerprint density at radius 2 is 2.00 bits per heavy atom. The summed E-state index contributed by atoms with van der Waals surface area (Å²) in [5, 5.41) is 3.57. The molecule has 0 aromatic carbocycles. The SMILES string of the molecule is CC(C)C1COC(CC(C)(C)C)CN1. The van der Waals surface area contributed by atoms with E-state index in [-0.39, 0.29) is 0 Å². The first kappa shape index (κ1) is 12.0. The van der Waals surface area contributed by atoms with Gasteiger partial charge in [0, 0.05) is 12.6 Å². The van der Waals surface area contributed by atoms with Crippen molar-refractivity contribution in [1.29, 1.82) is 0 Å². The molecule has 0 aromatic heterocycles. The number of hydrogen-bond acceptors (Lipinski definition) is 2. The van der Waals surface area contributed by atoms with Crippen LogP contribution < -0.4 is 5.32 Å². The van der Waals surface area contributed by atoms with Crippen molar-refractivity contribution >= 4 is 0 Å². The first-order valence-corrected chi connectivity index (χ1v) is 5.73. The summed E-state index contributed by atoms with van der Waals surface area (Å²) in [4.78, 5) is 0. The van der Waals surface area contributed by atoms with Gasteiger partial charge >= 0.3 is 0 Å². The summed E-state index contributed by atoms with van der Waals surface area (Å²) in [5.41, 5.74) is 0.372. The predicted molar refractivity (Wildman–Crippen MR) is 60.4 cm³/mol. The molecule has 1 saturated heterocycles. The van der Waals surface area contributed by atoms with E-state index in [0.29, 0.717) is 23.5 Å². The van der Waals surface area contributed by atoms with Crippen LogP contribution in [-0.2, 0) is 4.74 Å². The van der Waals surface area contributed by atoms with Gasteiger partial charge in [-0.05, 0) is 17.8 Å². The Morgan fingerprint density at radius 1 is 1.36 bits per heavy atom. The van der Waals surface area contributed by atoms with E-state index in [1.807, 2.05) is 0 Å². The topological polar surface area (TPSA) is 21.3 Å². The van der Waals surface area contributed by atoms with Crippen LogP contribution in [0.1, 0.15) is 41.0 Å². The van der Waals surface area contributed by atoms with E-state index in [4.69, 9.17) is 4.74 Å². The number of nitrogens with one attached hydrogen (secondary N) is 1. The lowest BCUT2D eigenvalue weighted by Crippen LogP contribution is -2.49. The molecule has 0 spiro atoms. The molecule has 2 unspecified atom stereocenters. The van der Waals surface area contributed by atoms with Crippen LogP contribution >= 0.6 is 0 Å². The van der Waals surface area contributed by atoms with Gasteiger partial charge in [0.1, 0.15) is 0 Å². The maximum absolute atomic E-state index is 5.87. The van der Waals surface area contributed by atoms with E-state index >= 15 is 0 Å². The average Bonchev–Trinajstić information content (AvgIpc) is 2.02. The Balaban J connectivity index is 2.29. The van der Waals surface area contributed by atoms with E-state index in [1.165, 1.54) is 0 Å². The number of rotatable bonds is 2. The highest BCUT2D eigenvalue weighted by molar-refractivity contribution is 4.80. The van der Waals surface area contributed by atoms with Crippen molar-refractivity contribution in [3.8, 4) is 0 Å². The van der Waals surface area contributed by atoms with Gasteiger partial charge in [0.2, 0.25) is 0 Å². The van der Waals surface area contributed by atoms with Crippen molar-refractivity contribution in [3.05, 3.63) is 0 Å². The second-order valence-corrected chi connectivity index (χ2v) is 5.98. The van der Waals surface area contributed by atoms with Crippen LogP contribution in [0.2, 0.25) is 0 Å². The quantitative estimate of drug-likeness (QED) is 0.737. The molecule has 1 heterocycles. The molecule has 1 aliphatic rings. The summed E-state index contributed by atoms with van der Waals surface area (Å²) in [6.07, 6.45) is 1.55. The maximum atomic E-state index is 5.87. The van der Waals surface area contributed by atoms with Crippen LogP contribution in [-0.4, -0.2) is 25.3 Å².